The van der Waals surface area contributed by atoms with Gasteiger partial charge in [0.1, 0.15) is 11.6 Å². The van der Waals surface area contributed by atoms with E-state index in [0.29, 0.717) is 35.6 Å². The number of carbonyl (C=O) groups excluding carboxylic acids is 1. The molecule has 1 aliphatic carbocycles. The summed E-state index contributed by atoms with van der Waals surface area (Å²) in [7, 11) is 2.98. The van der Waals surface area contributed by atoms with Crippen molar-refractivity contribution >= 4 is 23.3 Å². The molecule has 1 unspecified atom stereocenters. The molecule has 9 nitrogen and oxygen atoms in total. The standard InChI is InChI=1S/C29H38N4O5/c1-6-22(20-9-7-19(8-10-20)15-25(34)38-5)17(2)28-32-26(27-18(3)30-13-14-33(27)28)21-11-12-23(31-29(35)36)24(16-21)37-4/h11-14,16-17,19-20,22,31H,6-10,15H2,1-5H3,(H,35,36)/t17-,19?,20?,22?/m0/s1. The van der Waals surface area contributed by atoms with Gasteiger partial charge in [-0.25, -0.2) is 9.78 Å². The molecule has 0 spiro atoms. The second-order valence-electron chi connectivity index (χ2n) is 10.3. The van der Waals surface area contributed by atoms with Gasteiger partial charge in [-0.3, -0.25) is 19.5 Å². The molecule has 1 fully saturated rings. The largest absolute Gasteiger partial charge is 0.495 e. The molecule has 2 N–H and O–H groups in total. The van der Waals surface area contributed by atoms with Crippen molar-refractivity contribution in [1.29, 1.82) is 0 Å². The van der Waals surface area contributed by atoms with E-state index in [9.17, 15) is 9.59 Å². The Morgan fingerprint density at radius 2 is 1.95 bits per heavy atom. The van der Waals surface area contributed by atoms with Gasteiger partial charge in [-0.15, -0.1) is 0 Å². The van der Waals surface area contributed by atoms with Crippen LogP contribution in [-0.2, 0) is 9.53 Å². The third-order valence-corrected chi connectivity index (χ3v) is 8.18. The number of esters is 1. The molecule has 0 radical (unpaired) electrons. The Bertz CT molecular complexity index is 1300. The van der Waals surface area contributed by atoms with Crippen LogP contribution in [0.3, 0.4) is 0 Å². The van der Waals surface area contributed by atoms with E-state index in [4.69, 9.17) is 19.6 Å². The molecule has 0 aliphatic heterocycles. The molecule has 1 aliphatic rings. The van der Waals surface area contributed by atoms with E-state index in [-0.39, 0.29) is 11.9 Å². The number of hydrogen-bond donors (Lipinski definition) is 2. The third-order valence-electron chi connectivity index (χ3n) is 8.18. The fourth-order valence-electron chi connectivity index (χ4n) is 6.23. The molecule has 3 aromatic rings. The van der Waals surface area contributed by atoms with Crippen LogP contribution >= 0.6 is 0 Å². The van der Waals surface area contributed by atoms with Crippen molar-refractivity contribution in [3.8, 4) is 17.0 Å². The number of aryl methyl sites for hydroxylation is 1. The van der Waals surface area contributed by atoms with E-state index in [1.165, 1.54) is 14.2 Å². The van der Waals surface area contributed by atoms with Crippen molar-refractivity contribution in [1.82, 2.24) is 14.4 Å². The van der Waals surface area contributed by atoms with Gasteiger partial charge in [0.2, 0.25) is 0 Å². The highest BCUT2D eigenvalue weighted by molar-refractivity contribution is 5.88. The van der Waals surface area contributed by atoms with Gasteiger partial charge in [0.15, 0.2) is 0 Å². The number of nitrogens with one attached hydrogen (secondary N) is 1. The monoisotopic (exact) mass is 522 g/mol. The molecular formula is C29H38N4O5. The lowest BCUT2D eigenvalue weighted by Crippen LogP contribution is -2.27. The van der Waals surface area contributed by atoms with Crippen LogP contribution in [0.2, 0.25) is 0 Å². The molecule has 1 aromatic carbocycles. The van der Waals surface area contributed by atoms with Crippen molar-refractivity contribution in [2.24, 2.45) is 17.8 Å². The Balaban J connectivity index is 1.66. The Labute approximate surface area is 223 Å². The van der Waals surface area contributed by atoms with Gasteiger partial charge in [-0.1, -0.05) is 26.3 Å². The first-order valence-electron chi connectivity index (χ1n) is 13.4. The number of amides is 1. The second-order valence-corrected chi connectivity index (χ2v) is 10.3. The number of methoxy groups -OCH3 is 2. The van der Waals surface area contributed by atoms with Crippen molar-refractivity contribution in [3.05, 3.63) is 42.1 Å². The lowest BCUT2D eigenvalue weighted by atomic mass is 9.70. The minimum atomic E-state index is -1.15. The first-order valence-corrected chi connectivity index (χ1v) is 13.4. The Kier molecular flexibility index (Phi) is 8.54. The summed E-state index contributed by atoms with van der Waals surface area (Å²) < 4.78 is 12.5. The van der Waals surface area contributed by atoms with E-state index < -0.39 is 6.09 Å². The number of carboxylic acid groups (broad SMARTS) is 1. The predicted octanol–water partition coefficient (Wildman–Crippen LogP) is 6.30. The SMILES string of the molecule is CCC(C1CCC(CC(=O)OC)CC1)[C@H](C)c1nc(-c2ccc(NC(=O)O)c(OC)c2)c2c(C)nccn12. The molecular weight excluding hydrogens is 484 g/mol. The van der Waals surface area contributed by atoms with Crippen LogP contribution in [0.4, 0.5) is 10.5 Å². The highest BCUT2D eigenvalue weighted by atomic mass is 16.5. The summed E-state index contributed by atoms with van der Waals surface area (Å²) in [5, 5.41) is 11.5. The predicted molar refractivity (Wildman–Crippen MR) is 146 cm³/mol. The van der Waals surface area contributed by atoms with Gasteiger partial charge < -0.3 is 14.6 Å². The summed E-state index contributed by atoms with van der Waals surface area (Å²) in [4.78, 5) is 32.7. The van der Waals surface area contributed by atoms with Gasteiger partial charge >= 0.3 is 12.1 Å². The van der Waals surface area contributed by atoms with Crippen LogP contribution in [0.25, 0.3) is 16.8 Å². The summed E-state index contributed by atoms with van der Waals surface area (Å²) in [6, 6.07) is 5.37. The van der Waals surface area contributed by atoms with E-state index in [2.05, 4.69) is 28.5 Å². The topological polar surface area (TPSA) is 115 Å². The molecule has 0 bridgehead atoms. The number of anilines is 1. The van der Waals surface area contributed by atoms with E-state index >= 15 is 0 Å². The molecule has 0 saturated heterocycles. The summed E-state index contributed by atoms with van der Waals surface area (Å²) in [6.45, 7) is 6.50. The first kappa shape index (κ1) is 27.4. The number of carbonyl (C=O) groups is 2. The number of rotatable bonds is 9. The smallest absolute Gasteiger partial charge is 0.409 e. The van der Waals surface area contributed by atoms with Gasteiger partial charge in [-0.05, 0) is 62.5 Å². The van der Waals surface area contributed by atoms with Crippen molar-refractivity contribution in [2.45, 2.75) is 65.2 Å². The number of nitrogens with zero attached hydrogens (tertiary/aromatic N) is 3. The zero-order valence-corrected chi connectivity index (χ0v) is 22.9. The molecule has 2 aromatic heterocycles. The van der Waals surface area contributed by atoms with Crippen LogP contribution in [0.5, 0.6) is 5.75 Å². The van der Waals surface area contributed by atoms with Crippen LogP contribution in [0.15, 0.2) is 30.6 Å². The van der Waals surface area contributed by atoms with Crippen molar-refractivity contribution < 1.29 is 24.2 Å². The van der Waals surface area contributed by atoms with Crippen LogP contribution < -0.4 is 10.1 Å². The molecule has 4 rings (SSSR count). The van der Waals surface area contributed by atoms with Crippen molar-refractivity contribution in [2.75, 3.05) is 19.5 Å². The van der Waals surface area contributed by atoms with E-state index in [1.54, 1.807) is 6.07 Å². The van der Waals surface area contributed by atoms with Gasteiger partial charge in [0.05, 0.1) is 36.8 Å². The number of imidazole rings is 1. The normalized spacial score (nSPS) is 19.1. The maximum absolute atomic E-state index is 11.7. The fourth-order valence-corrected chi connectivity index (χ4v) is 6.23. The molecule has 9 heteroatoms. The first-order chi connectivity index (χ1) is 18.3. The number of hydrogen-bond acceptors (Lipinski definition) is 6. The molecule has 2 heterocycles. The third kappa shape index (κ3) is 5.61. The molecule has 1 saturated carbocycles. The Hall–Kier alpha value is -3.62. The highest BCUT2D eigenvalue weighted by Crippen LogP contribution is 2.43. The maximum atomic E-state index is 11.7. The number of aromatic nitrogens is 3. The summed E-state index contributed by atoms with van der Waals surface area (Å²) >= 11 is 0. The lowest BCUT2D eigenvalue weighted by molar-refractivity contribution is -0.142. The van der Waals surface area contributed by atoms with Crippen LogP contribution in [0.1, 0.15) is 69.8 Å². The van der Waals surface area contributed by atoms with E-state index in [1.807, 2.05) is 31.5 Å². The van der Waals surface area contributed by atoms with Gasteiger partial charge in [0, 0.05) is 30.3 Å². The Morgan fingerprint density at radius 1 is 1.21 bits per heavy atom. The minimum absolute atomic E-state index is 0.113. The van der Waals surface area contributed by atoms with E-state index in [0.717, 1.165) is 60.4 Å². The average Bonchev–Trinajstić information content (AvgIpc) is 3.31. The van der Waals surface area contributed by atoms with Gasteiger partial charge in [-0.2, -0.15) is 0 Å². The zero-order valence-electron chi connectivity index (χ0n) is 22.9. The van der Waals surface area contributed by atoms with Crippen LogP contribution in [-0.4, -0.2) is 45.8 Å². The number of benzene rings is 1. The van der Waals surface area contributed by atoms with Gasteiger partial charge in [0.25, 0.3) is 0 Å². The van der Waals surface area contributed by atoms with Crippen LogP contribution in [0, 0.1) is 24.7 Å². The fraction of sp³-hybridized carbons (Fsp3) is 0.517. The summed E-state index contributed by atoms with van der Waals surface area (Å²) in [5.41, 5.74) is 3.82. The van der Waals surface area contributed by atoms with Crippen molar-refractivity contribution in [3.63, 3.8) is 0 Å². The molecule has 2 atom stereocenters. The quantitative estimate of drug-likeness (QED) is 0.317. The molecule has 38 heavy (non-hydrogen) atoms. The second kappa shape index (κ2) is 11.8. The lowest BCUT2D eigenvalue weighted by Gasteiger charge is -2.36. The highest BCUT2D eigenvalue weighted by Gasteiger charge is 2.33. The molecule has 204 valence electrons. The Morgan fingerprint density at radius 3 is 2.58 bits per heavy atom. The maximum Gasteiger partial charge on any atom is 0.409 e. The number of ether oxygens (including phenoxy) is 2. The minimum Gasteiger partial charge on any atom is -0.495 e. The summed E-state index contributed by atoms with van der Waals surface area (Å²) in [6.07, 6.45) is 8.51. The average molecular weight is 523 g/mol. The zero-order chi connectivity index (χ0) is 27.4. The summed E-state index contributed by atoms with van der Waals surface area (Å²) in [5.74, 6) is 2.96. The molecule has 1 amide bonds. The number of fused-ring (bicyclic) bond motifs is 1.